The molecule has 0 saturated carbocycles. The number of hydrogen-bond donors (Lipinski definition) is 0. The van der Waals surface area contributed by atoms with Gasteiger partial charge >= 0.3 is 0 Å². The largest absolute Gasteiger partial charge is 0.372 e. The molecule has 1 atom stereocenters. The predicted octanol–water partition coefficient (Wildman–Crippen LogP) is 3.58. The van der Waals surface area contributed by atoms with Gasteiger partial charge in [-0.15, -0.1) is 0 Å². The van der Waals surface area contributed by atoms with Crippen LogP contribution >= 0.6 is 0 Å². The smallest absolute Gasteiger partial charge is 0.0721 e. The standard InChI is InChI=1S/C16H25NO/c1-5-7-16(12-17(3)4)18-13-15-10-8-14(6-2)9-11-15/h6,8-11,16H,2,5,7,12-13H2,1,3-4H3. The van der Waals surface area contributed by atoms with Crippen LogP contribution in [0.4, 0.5) is 0 Å². The maximum Gasteiger partial charge on any atom is 0.0721 e. The molecule has 1 aromatic carbocycles. The van der Waals surface area contributed by atoms with Crippen molar-refractivity contribution in [3.8, 4) is 0 Å². The topological polar surface area (TPSA) is 12.5 Å². The second kappa shape index (κ2) is 8.06. The van der Waals surface area contributed by atoms with E-state index < -0.39 is 0 Å². The Balaban J connectivity index is 2.46. The Morgan fingerprint density at radius 2 is 1.94 bits per heavy atom. The van der Waals surface area contributed by atoms with Crippen LogP contribution in [0.25, 0.3) is 6.08 Å². The van der Waals surface area contributed by atoms with Gasteiger partial charge < -0.3 is 9.64 Å². The van der Waals surface area contributed by atoms with Crippen LogP contribution in [0.15, 0.2) is 30.8 Å². The zero-order chi connectivity index (χ0) is 13.4. The van der Waals surface area contributed by atoms with Crippen molar-refractivity contribution in [2.24, 2.45) is 0 Å². The molecule has 100 valence electrons. The molecule has 0 spiro atoms. The second-order valence-corrected chi connectivity index (χ2v) is 4.93. The summed E-state index contributed by atoms with van der Waals surface area (Å²) in [6.45, 7) is 7.63. The van der Waals surface area contributed by atoms with E-state index in [2.05, 4.69) is 56.8 Å². The summed E-state index contributed by atoms with van der Waals surface area (Å²) in [6.07, 6.45) is 4.46. The summed E-state index contributed by atoms with van der Waals surface area (Å²) in [5.41, 5.74) is 2.37. The summed E-state index contributed by atoms with van der Waals surface area (Å²) in [6, 6.07) is 8.37. The van der Waals surface area contributed by atoms with Crippen molar-refractivity contribution in [3.63, 3.8) is 0 Å². The Kier molecular flexibility index (Phi) is 6.69. The maximum atomic E-state index is 5.99. The number of nitrogens with zero attached hydrogens (tertiary/aromatic N) is 1. The normalized spacial score (nSPS) is 12.7. The Morgan fingerprint density at radius 3 is 2.44 bits per heavy atom. The number of benzene rings is 1. The van der Waals surface area contributed by atoms with Crippen molar-refractivity contribution >= 4 is 6.08 Å². The van der Waals surface area contributed by atoms with Crippen molar-refractivity contribution in [1.82, 2.24) is 4.90 Å². The number of likely N-dealkylation sites (N-methyl/N-ethyl adjacent to an activating group) is 1. The van der Waals surface area contributed by atoms with E-state index in [4.69, 9.17) is 4.74 Å². The molecule has 1 unspecified atom stereocenters. The highest BCUT2D eigenvalue weighted by molar-refractivity contribution is 5.47. The highest BCUT2D eigenvalue weighted by Crippen LogP contribution is 2.10. The first-order valence-corrected chi connectivity index (χ1v) is 6.63. The first kappa shape index (κ1) is 14.9. The van der Waals surface area contributed by atoms with E-state index in [1.807, 2.05) is 6.08 Å². The third-order valence-electron chi connectivity index (χ3n) is 2.88. The van der Waals surface area contributed by atoms with Gasteiger partial charge in [0.25, 0.3) is 0 Å². The van der Waals surface area contributed by atoms with E-state index in [-0.39, 0.29) is 0 Å². The lowest BCUT2D eigenvalue weighted by Gasteiger charge is -2.21. The highest BCUT2D eigenvalue weighted by atomic mass is 16.5. The van der Waals surface area contributed by atoms with Gasteiger partial charge in [-0.05, 0) is 31.6 Å². The molecular weight excluding hydrogens is 222 g/mol. The molecule has 2 heteroatoms. The van der Waals surface area contributed by atoms with Crippen molar-refractivity contribution in [1.29, 1.82) is 0 Å². The second-order valence-electron chi connectivity index (χ2n) is 4.93. The van der Waals surface area contributed by atoms with Gasteiger partial charge in [-0.3, -0.25) is 0 Å². The van der Waals surface area contributed by atoms with Crippen LogP contribution in [0.2, 0.25) is 0 Å². The molecule has 0 saturated heterocycles. The minimum absolute atomic E-state index is 0.323. The van der Waals surface area contributed by atoms with Crippen molar-refractivity contribution in [3.05, 3.63) is 42.0 Å². The maximum absolute atomic E-state index is 5.99. The van der Waals surface area contributed by atoms with E-state index in [1.165, 1.54) is 5.56 Å². The SMILES string of the molecule is C=Cc1ccc(COC(CCC)CN(C)C)cc1. The lowest BCUT2D eigenvalue weighted by Crippen LogP contribution is -2.28. The fourth-order valence-corrected chi connectivity index (χ4v) is 1.92. The van der Waals surface area contributed by atoms with Crippen molar-refractivity contribution in [2.45, 2.75) is 32.5 Å². The zero-order valence-electron chi connectivity index (χ0n) is 11.9. The van der Waals surface area contributed by atoms with Crippen LogP contribution in [0.5, 0.6) is 0 Å². The summed E-state index contributed by atoms with van der Waals surface area (Å²) >= 11 is 0. The molecular formula is C16H25NO. The van der Waals surface area contributed by atoms with Gasteiger partial charge in [0.1, 0.15) is 0 Å². The molecule has 0 amide bonds. The first-order chi connectivity index (χ1) is 8.65. The Labute approximate surface area is 111 Å². The zero-order valence-corrected chi connectivity index (χ0v) is 11.9. The van der Waals surface area contributed by atoms with Gasteiger partial charge in [0, 0.05) is 6.54 Å². The third-order valence-corrected chi connectivity index (χ3v) is 2.88. The molecule has 0 aliphatic carbocycles. The lowest BCUT2D eigenvalue weighted by molar-refractivity contribution is 0.0186. The molecule has 0 fully saturated rings. The van der Waals surface area contributed by atoms with Crippen LogP contribution in [0.3, 0.4) is 0 Å². The van der Waals surface area contributed by atoms with Crippen molar-refractivity contribution < 1.29 is 4.74 Å². The number of hydrogen-bond acceptors (Lipinski definition) is 2. The predicted molar refractivity (Wildman–Crippen MR) is 78.6 cm³/mol. The Morgan fingerprint density at radius 1 is 1.28 bits per heavy atom. The van der Waals surface area contributed by atoms with Crippen molar-refractivity contribution in [2.75, 3.05) is 20.6 Å². The molecule has 0 aromatic heterocycles. The molecule has 0 radical (unpaired) electrons. The molecule has 1 aromatic rings. The van der Waals surface area contributed by atoms with E-state index >= 15 is 0 Å². The molecule has 0 N–H and O–H groups in total. The van der Waals surface area contributed by atoms with E-state index in [0.717, 1.165) is 24.9 Å². The summed E-state index contributed by atoms with van der Waals surface area (Å²) in [4.78, 5) is 2.18. The van der Waals surface area contributed by atoms with Crippen LogP contribution in [0, 0.1) is 0 Å². The minimum atomic E-state index is 0.323. The van der Waals surface area contributed by atoms with Gasteiger partial charge in [0.2, 0.25) is 0 Å². The molecule has 0 heterocycles. The first-order valence-electron chi connectivity index (χ1n) is 6.63. The monoisotopic (exact) mass is 247 g/mol. The molecule has 0 aliphatic rings. The molecule has 18 heavy (non-hydrogen) atoms. The molecule has 0 aliphatic heterocycles. The fourth-order valence-electron chi connectivity index (χ4n) is 1.92. The van der Waals surface area contributed by atoms with E-state index in [9.17, 15) is 0 Å². The van der Waals surface area contributed by atoms with E-state index in [0.29, 0.717) is 12.7 Å². The lowest BCUT2D eigenvalue weighted by atomic mass is 10.1. The minimum Gasteiger partial charge on any atom is -0.372 e. The average Bonchev–Trinajstić information content (AvgIpc) is 2.36. The third kappa shape index (κ3) is 5.48. The van der Waals surface area contributed by atoms with Gasteiger partial charge in [-0.1, -0.05) is 50.3 Å². The van der Waals surface area contributed by atoms with Crippen LogP contribution in [-0.2, 0) is 11.3 Å². The van der Waals surface area contributed by atoms with Gasteiger partial charge in [-0.2, -0.15) is 0 Å². The van der Waals surface area contributed by atoms with Crippen LogP contribution in [0.1, 0.15) is 30.9 Å². The number of rotatable bonds is 8. The average molecular weight is 247 g/mol. The van der Waals surface area contributed by atoms with Crippen LogP contribution in [-0.4, -0.2) is 31.6 Å². The fraction of sp³-hybridized carbons (Fsp3) is 0.500. The summed E-state index contributed by atoms with van der Waals surface area (Å²) in [5.74, 6) is 0. The Hall–Kier alpha value is -1.12. The Bertz CT molecular complexity index is 343. The van der Waals surface area contributed by atoms with E-state index in [1.54, 1.807) is 0 Å². The molecule has 1 rings (SSSR count). The van der Waals surface area contributed by atoms with Gasteiger partial charge in [0.05, 0.1) is 12.7 Å². The quantitative estimate of drug-likeness (QED) is 0.696. The highest BCUT2D eigenvalue weighted by Gasteiger charge is 2.09. The summed E-state index contributed by atoms with van der Waals surface area (Å²) < 4.78 is 5.99. The summed E-state index contributed by atoms with van der Waals surface area (Å²) in [7, 11) is 4.18. The molecule has 0 bridgehead atoms. The number of ether oxygens (including phenoxy) is 1. The van der Waals surface area contributed by atoms with Crippen LogP contribution < -0.4 is 0 Å². The van der Waals surface area contributed by atoms with Gasteiger partial charge in [-0.25, -0.2) is 0 Å². The summed E-state index contributed by atoms with van der Waals surface area (Å²) in [5, 5.41) is 0. The molecule has 2 nitrogen and oxygen atoms in total. The van der Waals surface area contributed by atoms with Gasteiger partial charge in [0.15, 0.2) is 0 Å².